The van der Waals surface area contributed by atoms with Crippen LogP contribution in [0, 0.1) is 17.8 Å². The number of fused-ring (bicyclic) bond motifs is 3. The lowest BCUT2D eigenvalue weighted by atomic mass is 9.89. The molecule has 2 saturated carbocycles. The van der Waals surface area contributed by atoms with Gasteiger partial charge in [-0.15, -0.1) is 0 Å². The fraction of sp³-hybridized carbons (Fsp3) is 0.471. The Labute approximate surface area is 118 Å². The largest absolute Gasteiger partial charge is 0.360 e. The molecule has 104 valence electrons. The average Bonchev–Trinajstić information content (AvgIpc) is 3.19. The second-order valence-corrected chi connectivity index (χ2v) is 6.39. The number of nitrogens with one attached hydrogen (secondary N) is 2. The Morgan fingerprint density at radius 2 is 2.15 bits per heavy atom. The number of amides is 1. The van der Waals surface area contributed by atoms with Crippen LogP contribution in [0.5, 0.6) is 0 Å². The predicted molar refractivity (Wildman–Crippen MR) is 79.6 cm³/mol. The van der Waals surface area contributed by atoms with Crippen molar-refractivity contribution in [2.75, 3.05) is 6.54 Å². The molecule has 3 unspecified atom stereocenters. The molecule has 1 aromatic carbocycles. The number of hydrogen-bond donors (Lipinski definition) is 2. The van der Waals surface area contributed by atoms with Crippen molar-refractivity contribution in [1.82, 2.24) is 10.3 Å². The maximum atomic E-state index is 12.4. The molecule has 2 aromatic rings. The van der Waals surface area contributed by atoms with E-state index in [1.165, 1.54) is 25.7 Å². The van der Waals surface area contributed by atoms with Crippen molar-refractivity contribution in [3.05, 3.63) is 36.0 Å². The molecule has 1 aromatic heterocycles. The van der Waals surface area contributed by atoms with E-state index in [-0.39, 0.29) is 5.91 Å². The van der Waals surface area contributed by atoms with E-state index in [9.17, 15) is 4.79 Å². The van der Waals surface area contributed by atoms with Crippen molar-refractivity contribution in [1.29, 1.82) is 0 Å². The zero-order valence-electron chi connectivity index (χ0n) is 11.6. The van der Waals surface area contributed by atoms with Gasteiger partial charge in [0.2, 0.25) is 0 Å². The standard InChI is InChI=1S/C17H20N2O/c20-17(15-10-18-16-4-2-1-3-14(15)16)19-9-13-8-11-5-6-12(13)7-11/h1-4,10-13,18H,5-9H2,(H,19,20). The molecule has 2 N–H and O–H groups in total. The van der Waals surface area contributed by atoms with Gasteiger partial charge in [-0.25, -0.2) is 0 Å². The Hall–Kier alpha value is -1.77. The maximum Gasteiger partial charge on any atom is 0.253 e. The summed E-state index contributed by atoms with van der Waals surface area (Å²) in [6.07, 6.45) is 7.32. The molecule has 3 nitrogen and oxygen atoms in total. The molecule has 20 heavy (non-hydrogen) atoms. The summed E-state index contributed by atoms with van der Waals surface area (Å²) >= 11 is 0. The minimum Gasteiger partial charge on any atom is -0.360 e. The quantitative estimate of drug-likeness (QED) is 0.881. The Morgan fingerprint density at radius 3 is 2.95 bits per heavy atom. The molecule has 3 heteroatoms. The van der Waals surface area contributed by atoms with Crippen LogP contribution < -0.4 is 5.32 Å². The van der Waals surface area contributed by atoms with Crippen LogP contribution in [-0.2, 0) is 0 Å². The summed E-state index contributed by atoms with van der Waals surface area (Å²) in [6.45, 7) is 0.847. The molecule has 0 aliphatic heterocycles. The number of hydrogen-bond acceptors (Lipinski definition) is 1. The summed E-state index contributed by atoms with van der Waals surface area (Å²) in [5, 5.41) is 4.16. The summed E-state index contributed by atoms with van der Waals surface area (Å²) in [4.78, 5) is 15.5. The number of aromatic nitrogens is 1. The first-order chi connectivity index (χ1) is 9.81. The van der Waals surface area contributed by atoms with E-state index in [0.29, 0.717) is 5.92 Å². The van der Waals surface area contributed by atoms with Crippen molar-refractivity contribution in [3.8, 4) is 0 Å². The van der Waals surface area contributed by atoms with Crippen LogP contribution in [0.15, 0.2) is 30.5 Å². The smallest absolute Gasteiger partial charge is 0.253 e. The molecule has 4 rings (SSSR count). The van der Waals surface area contributed by atoms with Gasteiger partial charge in [0.1, 0.15) is 0 Å². The summed E-state index contributed by atoms with van der Waals surface area (Å²) in [5.74, 6) is 2.58. The normalized spacial score (nSPS) is 28.1. The highest BCUT2D eigenvalue weighted by Crippen LogP contribution is 2.47. The SMILES string of the molecule is O=C(NCC1CC2CCC1C2)c1c[nH]c2ccccc12. The summed E-state index contributed by atoms with van der Waals surface area (Å²) in [5.41, 5.74) is 1.79. The summed E-state index contributed by atoms with van der Waals surface area (Å²) in [6, 6.07) is 7.96. The van der Waals surface area contributed by atoms with Crippen molar-refractivity contribution >= 4 is 16.8 Å². The highest BCUT2D eigenvalue weighted by molar-refractivity contribution is 6.06. The zero-order chi connectivity index (χ0) is 13.5. The van der Waals surface area contributed by atoms with Gasteiger partial charge >= 0.3 is 0 Å². The molecule has 2 aliphatic rings. The Bertz CT molecular complexity index is 645. The number of benzene rings is 1. The van der Waals surface area contributed by atoms with Crippen molar-refractivity contribution in [3.63, 3.8) is 0 Å². The van der Waals surface area contributed by atoms with Crippen LogP contribution in [-0.4, -0.2) is 17.4 Å². The average molecular weight is 268 g/mol. The highest BCUT2D eigenvalue weighted by atomic mass is 16.1. The number of H-pyrrole nitrogens is 1. The molecular formula is C17H20N2O. The molecule has 2 bridgehead atoms. The Kier molecular flexibility index (Phi) is 2.79. The predicted octanol–water partition coefficient (Wildman–Crippen LogP) is 3.33. The number of carbonyl (C=O) groups excluding carboxylic acids is 1. The van der Waals surface area contributed by atoms with E-state index in [2.05, 4.69) is 10.3 Å². The van der Waals surface area contributed by atoms with E-state index in [0.717, 1.165) is 34.8 Å². The van der Waals surface area contributed by atoms with Gasteiger partial charge in [-0.2, -0.15) is 0 Å². The number of aromatic amines is 1. The first-order valence-electron chi connectivity index (χ1n) is 7.65. The maximum absolute atomic E-state index is 12.4. The molecule has 2 aliphatic carbocycles. The first-order valence-corrected chi connectivity index (χ1v) is 7.65. The number of para-hydroxylation sites is 1. The van der Waals surface area contributed by atoms with Gasteiger partial charge in [0.15, 0.2) is 0 Å². The van der Waals surface area contributed by atoms with Gasteiger partial charge in [0.25, 0.3) is 5.91 Å². The van der Waals surface area contributed by atoms with Crippen molar-refractivity contribution in [2.24, 2.45) is 17.8 Å². The highest BCUT2D eigenvalue weighted by Gasteiger charge is 2.39. The van der Waals surface area contributed by atoms with Gasteiger partial charge in [-0.3, -0.25) is 4.79 Å². The molecule has 0 saturated heterocycles. The lowest BCUT2D eigenvalue weighted by Crippen LogP contribution is -2.31. The van der Waals surface area contributed by atoms with Crippen LogP contribution >= 0.6 is 0 Å². The van der Waals surface area contributed by atoms with Gasteiger partial charge in [-0.1, -0.05) is 24.6 Å². The van der Waals surface area contributed by atoms with Gasteiger partial charge in [0.05, 0.1) is 5.56 Å². The molecule has 0 spiro atoms. The van der Waals surface area contributed by atoms with Crippen LogP contribution in [0.25, 0.3) is 10.9 Å². The van der Waals surface area contributed by atoms with E-state index < -0.39 is 0 Å². The third-order valence-electron chi connectivity index (χ3n) is 5.24. The van der Waals surface area contributed by atoms with Crippen LogP contribution in [0.2, 0.25) is 0 Å². The second kappa shape index (κ2) is 4.65. The summed E-state index contributed by atoms with van der Waals surface area (Å²) in [7, 11) is 0. The third kappa shape index (κ3) is 1.92. The Morgan fingerprint density at radius 1 is 1.25 bits per heavy atom. The molecule has 1 amide bonds. The monoisotopic (exact) mass is 268 g/mol. The summed E-state index contributed by atoms with van der Waals surface area (Å²) < 4.78 is 0. The van der Waals surface area contributed by atoms with Gasteiger partial charge in [0, 0.05) is 23.6 Å². The number of carbonyl (C=O) groups is 1. The van der Waals surface area contributed by atoms with Crippen LogP contribution in [0.3, 0.4) is 0 Å². The molecule has 0 radical (unpaired) electrons. The molecule has 3 atom stereocenters. The van der Waals surface area contributed by atoms with Gasteiger partial charge in [-0.05, 0) is 43.1 Å². The van der Waals surface area contributed by atoms with Gasteiger partial charge < -0.3 is 10.3 Å². The third-order valence-corrected chi connectivity index (χ3v) is 5.24. The van der Waals surface area contributed by atoms with E-state index in [4.69, 9.17) is 0 Å². The van der Waals surface area contributed by atoms with E-state index >= 15 is 0 Å². The molecule has 1 heterocycles. The minimum absolute atomic E-state index is 0.0604. The molecule has 2 fully saturated rings. The number of rotatable bonds is 3. The van der Waals surface area contributed by atoms with E-state index in [1.54, 1.807) is 0 Å². The fourth-order valence-electron chi connectivity index (χ4n) is 4.20. The first kappa shape index (κ1) is 12.0. The topological polar surface area (TPSA) is 44.9 Å². The lowest BCUT2D eigenvalue weighted by molar-refractivity contribution is 0.0943. The lowest BCUT2D eigenvalue weighted by Gasteiger charge is -2.21. The van der Waals surface area contributed by atoms with Crippen LogP contribution in [0.4, 0.5) is 0 Å². The van der Waals surface area contributed by atoms with Crippen molar-refractivity contribution in [2.45, 2.75) is 25.7 Å². The van der Waals surface area contributed by atoms with Crippen molar-refractivity contribution < 1.29 is 4.79 Å². The zero-order valence-corrected chi connectivity index (χ0v) is 11.6. The molecular weight excluding hydrogens is 248 g/mol. The van der Waals surface area contributed by atoms with Crippen LogP contribution in [0.1, 0.15) is 36.0 Å². The fourth-order valence-corrected chi connectivity index (χ4v) is 4.20. The second-order valence-electron chi connectivity index (χ2n) is 6.39. The minimum atomic E-state index is 0.0604. The Balaban J connectivity index is 1.45. The van der Waals surface area contributed by atoms with E-state index in [1.807, 2.05) is 30.5 Å².